The number of fused-ring (bicyclic) bond motifs is 1. The molecule has 3 aliphatic carbocycles. The summed E-state index contributed by atoms with van der Waals surface area (Å²) in [5, 5.41) is 0. The first kappa shape index (κ1) is 21.2. The molecule has 1 aromatic carbocycles. The van der Waals surface area contributed by atoms with Gasteiger partial charge in [-0.05, 0) is 105 Å². The van der Waals surface area contributed by atoms with Crippen LogP contribution in [-0.2, 0) is 0 Å². The third-order valence-corrected chi connectivity index (χ3v) is 8.67. The van der Waals surface area contributed by atoms with Gasteiger partial charge in [0.05, 0.1) is 6.61 Å². The maximum absolute atomic E-state index is 14.8. The summed E-state index contributed by atoms with van der Waals surface area (Å²) in [5.74, 6) is 5.77. The molecule has 0 bridgehead atoms. The van der Waals surface area contributed by atoms with Crippen LogP contribution in [-0.4, -0.2) is 6.61 Å². The summed E-state index contributed by atoms with van der Waals surface area (Å²) in [5.41, 5.74) is 0.937. The van der Waals surface area contributed by atoms with E-state index >= 15 is 0 Å². The van der Waals surface area contributed by atoms with Crippen molar-refractivity contribution in [3.05, 3.63) is 29.6 Å². The number of rotatable bonds is 6. The highest BCUT2D eigenvalue weighted by Gasteiger charge is 2.39. The van der Waals surface area contributed by atoms with Crippen LogP contribution in [0.4, 0.5) is 4.39 Å². The Bertz CT molecular complexity index is 648. The molecule has 4 unspecified atom stereocenters. The van der Waals surface area contributed by atoms with E-state index in [9.17, 15) is 4.39 Å². The summed E-state index contributed by atoms with van der Waals surface area (Å²) in [6.45, 7) is 5.10. The Morgan fingerprint density at radius 3 is 2.17 bits per heavy atom. The van der Waals surface area contributed by atoms with Gasteiger partial charge in [0, 0.05) is 6.07 Å². The minimum absolute atomic E-state index is 0.0524. The van der Waals surface area contributed by atoms with Crippen LogP contribution in [0.15, 0.2) is 18.2 Å². The summed E-state index contributed by atoms with van der Waals surface area (Å²) in [6.07, 6.45) is 16.2. The lowest BCUT2D eigenvalue weighted by molar-refractivity contribution is 0.0712. The van der Waals surface area contributed by atoms with E-state index in [2.05, 4.69) is 13.8 Å². The topological polar surface area (TPSA) is 9.23 Å². The fourth-order valence-corrected chi connectivity index (χ4v) is 6.85. The van der Waals surface area contributed by atoms with E-state index in [0.29, 0.717) is 18.3 Å². The number of halogens is 1. The van der Waals surface area contributed by atoms with Crippen LogP contribution >= 0.6 is 0 Å². The van der Waals surface area contributed by atoms with E-state index in [4.69, 9.17) is 4.74 Å². The second-order valence-electron chi connectivity index (χ2n) is 10.3. The minimum Gasteiger partial charge on any atom is -0.494 e. The molecule has 3 aliphatic rings. The molecule has 0 heterocycles. The molecule has 0 aliphatic heterocycles. The predicted octanol–water partition coefficient (Wildman–Crippen LogP) is 8.13. The molecule has 0 N–H and O–H groups in total. The van der Waals surface area contributed by atoms with Crippen molar-refractivity contribution in [2.75, 3.05) is 6.61 Å². The molecule has 162 valence electrons. The molecule has 2 heteroatoms. The van der Waals surface area contributed by atoms with Gasteiger partial charge < -0.3 is 4.74 Å². The SMILES string of the molecule is CCCOc1ccc(C2CCC3CC(C4CCC(CC)CC4)CCC3C2)c(F)c1. The zero-order valence-corrected chi connectivity index (χ0v) is 18.7. The summed E-state index contributed by atoms with van der Waals surface area (Å²) in [4.78, 5) is 0. The molecule has 0 saturated heterocycles. The largest absolute Gasteiger partial charge is 0.494 e. The van der Waals surface area contributed by atoms with E-state index in [0.717, 1.165) is 41.6 Å². The smallest absolute Gasteiger partial charge is 0.130 e. The van der Waals surface area contributed by atoms with Crippen LogP contribution in [0.25, 0.3) is 0 Å². The van der Waals surface area contributed by atoms with Crippen molar-refractivity contribution in [1.82, 2.24) is 0 Å². The lowest BCUT2D eigenvalue weighted by Crippen LogP contribution is -2.34. The Hall–Kier alpha value is -1.05. The van der Waals surface area contributed by atoms with Gasteiger partial charge in [0.1, 0.15) is 11.6 Å². The Kier molecular flexibility index (Phi) is 7.19. The molecule has 0 amide bonds. The van der Waals surface area contributed by atoms with Gasteiger partial charge in [-0.1, -0.05) is 39.2 Å². The number of hydrogen-bond donors (Lipinski definition) is 0. The molecule has 4 atom stereocenters. The number of hydrogen-bond acceptors (Lipinski definition) is 1. The molecular formula is C27H41FO. The highest BCUT2D eigenvalue weighted by atomic mass is 19.1. The van der Waals surface area contributed by atoms with E-state index in [1.165, 1.54) is 70.6 Å². The van der Waals surface area contributed by atoms with Crippen LogP contribution in [0.3, 0.4) is 0 Å². The lowest BCUT2D eigenvalue weighted by Gasteiger charge is -2.45. The zero-order chi connectivity index (χ0) is 20.2. The van der Waals surface area contributed by atoms with Gasteiger partial charge in [-0.25, -0.2) is 4.39 Å². The van der Waals surface area contributed by atoms with Crippen molar-refractivity contribution in [3.8, 4) is 5.75 Å². The van der Waals surface area contributed by atoms with Crippen molar-refractivity contribution in [1.29, 1.82) is 0 Å². The maximum Gasteiger partial charge on any atom is 0.130 e. The molecule has 0 aromatic heterocycles. The van der Waals surface area contributed by atoms with Crippen LogP contribution in [0.2, 0.25) is 0 Å². The highest BCUT2D eigenvalue weighted by Crippen LogP contribution is 2.51. The van der Waals surface area contributed by atoms with E-state index in [-0.39, 0.29) is 5.82 Å². The summed E-state index contributed by atoms with van der Waals surface area (Å²) < 4.78 is 20.4. The predicted molar refractivity (Wildman–Crippen MR) is 119 cm³/mol. The Balaban J connectivity index is 1.32. The third kappa shape index (κ3) is 5.00. The molecule has 3 fully saturated rings. The van der Waals surface area contributed by atoms with Crippen LogP contribution < -0.4 is 4.74 Å². The lowest BCUT2D eigenvalue weighted by atomic mass is 9.60. The standard InChI is InChI=1S/C27H41FO/c1-3-15-29-25-13-14-26(27(28)18-25)24-12-11-22-16-21(9-10-23(22)17-24)20-7-5-19(4-2)6-8-20/h13-14,18-24H,3-12,15-17H2,1-2H3. The van der Waals surface area contributed by atoms with Crippen LogP contribution in [0, 0.1) is 35.4 Å². The van der Waals surface area contributed by atoms with Gasteiger partial charge in [-0.15, -0.1) is 0 Å². The van der Waals surface area contributed by atoms with Crippen molar-refractivity contribution in [3.63, 3.8) is 0 Å². The van der Waals surface area contributed by atoms with Crippen molar-refractivity contribution < 1.29 is 9.13 Å². The molecule has 3 saturated carbocycles. The Labute approximate surface area is 177 Å². The third-order valence-electron chi connectivity index (χ3n) is 8.67. The zero-order valence-electron chi connectivity index (χ0n) is 18.7. The minimum atomic E-state index is -0.0524. The van der Waals surface area contributed by atoms with Gasteiger partial charge in [0.25, 0.3) is 0 Å². The summed E-state index contributed by atoms with van der Waals surface area (Å²) in [7, 11) is 0. The van der Waals surface area contributed by atoms with Crippen LogP contribution in [0.1, 0.15) is 102 Å². The second-order valence-corrected chi connectivity index (χ2v) is 10.3. The molecule has 4 rings (SSSR count). The molecular weight excluding hydrogens is 359 g/mol. The van der Waals surface area contributed by atoms with Gasteiger partial charge in [-0.2, -0.15) is 0 Å². The normalized spacial score (nSPS) is 35.1. The monoisotopic (exact) mass is 400 g/mol. The van der Waals surface area contributed by atoms with E-state index in [1.54, 1.807) is 6.07 Å². The maximum atomic E-state index is 14.8. The quantitative estimate of drug-likeness (QED) is 0.468. The second kappa shape index (κ2) is 9.84. The molecule has 0 radical (unpaired) electrons. The summed E-state index contributed by atoms with van der Waals surface area (Å²) in [6, 6.07) is 5.59. The first-order valence-corrected chi connectivity index (χ1v) is 12.6. The Morgan fingerprint density at radius 2 is 1.48 bits per heavy atom. The average Bonchev–Trinajstić information content (AvgIpc) is 2.77. The first-order valence-electron chi connectivity index (χ1n) is 12.6. The van der Waals surface area contributed by atoms with Crippen LogP contribution in [0.5, 0.6) is 5.75 Å². The summed E-state index contributed by atoms with van der Waals surface area (Å²) >= 11 is 0. The van der Waals surface area contributed by atoms with E-state index in [1.807, 2.05) is 12.1 Å². The van der Waals surface area contributed by atoms with Gasteiger partial charge in [0.15, 0.2) is 0 Å². The van der Waals surface area contributed by atoms with Crippen molar-refractivity contribution in [2.24, 2.45) is 29.6 Å². The highest BCUT2D eigenvalue weighted by molar-refractivity contribution is 5.31. The molecule has 0 spiro atoms. The first-order chi connectivity index (χ1) is 14.2. The molecule has 29 heavy (non-hydrogen) atoms. The molecule has 1 aromatic rings. The van der Waals surface area contributed by atoms with Gasteiger partial charge in [-0.3, -0.25) is 0 Å². The fourth-order valence-electron chi connectivity index (χ4n) is 6.85. The number of ether oxygens (including phenoxy) is 1. The van der Waals surface area contributed by atoms with Gasteiger partial charge >= 0.3 is 0 Å². The van der Waals surface area contributed by atoms with Gasteiger partial charge in [0.2, 0.25) is 0 Å². The van der Waals surface area contributed by atoms with E-state index < -0.39 is 0 Å². The fraction of sp³-hybridized carbons (Fsp3) is 0.778. The van der Waals surface area contributed by atoms with Crippen molar-refractivity contribution in [2.45, 2.75) is 96.8 Å². The average molecular weight is 401 g/mol. The van der Waals surface area contributed by atoms with Crippen molar-refractivity contribution >= 4 is 0 Å². The Morgan fingerprint density at radius 1 is 0.828 bits per heavy atom. The number of benzene rings is 1. The molecule has 1 nitrogen and oxygen atoms in total.